The van der Waals surface area contributed by atoms with Gasteiger partial charge in [-0.2, -0.15) is 0 Å². The number of amides is 3. The van der Waals surface area contributed by atoms with Crippen LogP contribution in [0.1, 0.15) is 55.4 Å². The van der Waals surface area contributed by atoms with Crippen molar-refractivity contribution in [2.75, 3.05) is 5.75 Å². The Hall–Kier alpha value is -1.67. The van der Waals surface area contributed by atoms with Gasteiger partial charge in [-0.25, -0.2) is 14.8 Å². The first kappa shape index (κ1) is 19.0. The van der Waals surface area contributed by atoms with E-state index in [2.05, 4.69) is 20.6 Å². The second kappa shape index (κ2) is 7.19. The van der Waals surface area contributed by atoms with Crippen LogP contribution in [-0.2, 0) is 17.6 Å². The number of nitrogens with zero attached hydrogens (tertiary/aromatic N) is 2. The number of aryl methyl sites for hydroxylation is 2. The number of aromatic nitrogens is 2. The van der Waals surface area contributed by atoms with Crippen LogP contribution < -0.4 is 10.6 Å². The molecule has 4 bridgehead atoms. The van der Waals surface area contributed by atoms with E-state index in [9.17, 15) is 9.59 Å². The van der Waals surface area contributed by atoms with Gasteiger partial charge in [-0.3, -0.25) is 10.1 Å². The van der Waals surface area contributed by atoms with Crippen LogP contribution >= 0.6 is 23.1 Å². The summed E-state index contributed by atoms with van der Waals surface area (Å²) >= 11 is 3.15. The van der Waals surface area contributed by atoms with E-state index in [1.54, 1.807) is 17.7 Å². The molecule has 0 spiro atoms. The van der Waals surface area contributed by atoms with Crippen molar-refractivity contribution in [1.29, 1.82) is 0 Å². The van der Waals surface area contributed by atoms with Gasteiger partial charge < -0.3 is 5.32 Å². The number of hydrogen-bond donors (Lipinski definition) is 2. The Labute approximate surface area is 184 Å². The fourth-order valence-corrected chi connectivity index (χ4v) is 8.96. The van der Waals surface area contributed by atoms with Crippen LogP contribution in [0.2, 0.25) is 0 Å². The Bertz CT molecular complexity index is 998. The van der Waals surface area contributed by atoms with Gasteiger partial charge in [0.1, 0.15) is 16.2 Å². The number of hydrogen-bond acceptors (Lipinski definition) is 6. The van der Waals surface area contributed by atoms with E-state index < -0.39 is 0 Å². The number of imide groups is 1. The molecule has 4 saturated carbocycles. The lowest BCUT2D eigenvalue weighted by molar-refractivity contribution is -0.117. The van der Waals surface area contributed by atoms with E-state index in [0.717, 1.165) is 65.1 Å². The van der Waals surface area contributed by atoms with Gasteiger partial charge >= 0.3 is 6.03 Å². The second-order valence-electron chi connectivity index (χ2n) is 9.71. The minimum atomic E-state index is -0.327. The van der Waals surface area contributed by atoms with E-state index >= 15 is 0 Å². The predicted octanol–water partition coefficient (Wildman–Crippen LogP) is 4.07. The molecule has 8 heteroatoms. The van der Waals surface area contributed by atoms with Crippen LogP contribution in [0.5, 0.6) is 0 Å². The fraction of sp³-hybridized carbons (Fsp3) is 0.636. The highest BCUT2D eigenvalue weighted by molar-refractivity contribution is 8.00. The molecule has 2 N–H and O–H groups in total. The fourth-order valence-electron chi connectivity index (χ4n) is 6.84. The topological polar surface area (TPSA) is 84.0 Å². The minimum Gasteiger partial charge on any atom is -0.332 e. The zero-order chi connectivity index (χ0) is 20.3. The Morgan fingerprint density at radius 2 is 1.83 bits per heavy atom. The normalized spacial score (nSPS) is 31.1. The molecule has 0 atom stereocenters. The van der Waals surface area contributed by atoms with Crippen molar-refractivity contribution >= 4 is 45.3 Å². The van der Waals surface area contributed by atoms with Crippen LogP contribution in [0.25, 0.3) is 10.2 Å². The van der Waals surface area contributed by atoms with Crippen molar-refractivity contribution in [3.8, 4) is 0 Å². The highest BCUT2D eigenvalue weighted by Crippen LogP contribution is 2.55. The molecular formula is C22H26N4O2S2. The molecule has 2 aromatic rings. The zero-order valence-corrected chi connectivity index (χ0v) is 18.5. The Morgan fingerprint density at radius 1 is 1.10 bits per heavy atom. The molecule has 0 radical (unpaired) electrons. The number of thiophene rings is 1. The molecule has 0 saturated heterocycles. The van der Waals surface area contributed by atoms with E-state index in [4.69, 9.17) is 0 Å². The summed E-state index contributed by atoms with van der Waals surface area (Å²) in [5, 5.41) is 7.75. The third-order valence-electron chi connectivity index (χ3n) is 7.48. The molecule has 5 aliphatic rings. The summed E-state index contributed by atoms with van der Waals surface area (Å²) in [4.78, 5) is 36.4. The highest BCUT2D eigenvalue weighted by Gasteiger charge is 2.51. The predicted molar refractivity (Wildman–Crippen MR) is 118 cm³/mol. The summed E-state index contributed by atoms with van der Waals surface area (Å²) in [6.45, 7) is 0. The average molecular weight is 443 g/mol. The molecule has 158 valence electrons. The third-order valence-corrected chi connectivity index (χ3v) is 9.67. The minimum absolute atomic E-state index is 0.0810. The molecular weight excluding hydrogens is 416 g/mol. The Balaban J connectivity index is 1.08. The van der Waals surface area contributed by atoms with E-state index in [0.29, 0.717) is 0 Å². The third kappa shape index (κ3) is 3.32. The Morgan fingerprint density at radius 3 is 2.57 bits per heavy atom. The van der Waals surface area contributed by atoms with Gasteiger partial charge in [0.05, 0.1) is 5.75 Å². The number of fused-ring (bicyclic) bond motifs is 3. The summed E-state index contributed by atoms with van der Waals surface area (Å²) in [6.07, 6.45) is 12.2. The van der Waals surface area contributed by atoms with E-state index in [-0.39, 0.29) is 23.2 Å². The first-order valence-electron chi connectivity index (χ1n) is 11.1. The van der Waals surface area contributed by atoms with Gasteiger partial charge in [-0.1, -0.05) is 11.8 Å². The van der Waals surface area contributed by atoms with Crippen molar-refractivity contribution in [3.05, 3.63) is 16.8 Å². The van der Waals surface area contributed by atoms with Crippen molar-refractivity contribution in [3.63, 3.8) is 0 Å². The van der Waals surface area contributed by atoms with Crippen LogP contribution in [0.4, 0.5) is 4.79 Å². The number of carbonyl (C=O) groups is 2. The summed E-state index contributed by atoms with van der Waals surface area (Å²) in [6, 6.07) is -0.327. The summed E-state index contributed by atoms with van der Waals surface area (Å²) in [7, 11) is 0. The van der Waals surface area contributed by atoms with Gasteiger partial charge in [0.2, 0.25) is 5.91 Å². The Kier molecular flexibility index (Phi) is 4.57. The molecule has 3 amide bonds. The van der Waals surface area contributed by atoms with Gasteiger partial charge in [0, 0.05) is 15.8 Å². The van der Waals surface area contributed by atoms with Crippen LogP contribution in [0, 0.1) is 17.8 Å². The lowest BCUT2D eigenvalue weighted by Gasteiger charge is -2.56. The number of nitrogens with one attached hydrogen (secondary N) is 2. The first-order valence-corrected chi connectivity index (χ1v) is 12.9. The molecule has 7 rings (SSSR count). The summed E-state index contributed by atoms with van der Waals surface area (Å²) < 4.78 is 0. The maximum atomic E-state index is 12.6. The van der Waals surface area contributed by atoms with Gasteiger partial charge in [-0.05, 0) is 81.1 Å². The quantitative estimate of drug-likeness (QED) is 0.551. The monoisotopic (exact) mass is 442 g/mol. The summed E-state index contributed by atoms with van der Waals surface area (Å²) in [5.74, 6) is 2.20. The largest absolute Gasteiger partial charge is 0.332 e. The standard InChI is InChI=1S/C22H26N4O2S2/c27-17(10-29-19-18-15-2-1-3-16(15)30-20(18)24-11-23-19)25-21(28)26-22-7-12-4-13(8-22)6-14(5-12)9-22/h11-14H,1-10H2,(H2,25,26,27,28). The molecule has 5 aliphatic carbocycles. The van der Waals surface area contributed by atoms with Crippen LogP contribution in [-0.4, -0.2) is 33.2 Å². The second-order valence-corrected chi connectivity index (χ2v) is 11.8. The molecule has 2 heterocycles. The number of urea groups is 1. The lowest BCUT2D eigenvalue weighted by atomic mass is 9.53. The smallest absolute Gasteiger partial charge is 0.321 e. The van der Waals surface area contributed by atoms with Crippen molar-refractivity contribution in [2.24, 2.45) is 17.8 Å². The van der Waals surface area contributed by atoms with Crippen molar-refractivity contribution in [1.82, 2.24) is 20.6 Å². The zero-order valence-electron chi connectivity index (χ0n) is 16.9. The van der Waals surface area contributed by atoms with Crippen molar-refractivity contribution < 1.29 is 9.59 Å². The van der Waals surface area contributed by atoms with Crippen molar-refractivity contribution in [2.45, 2.75) is 68.4 Å². The average Bonchev–Trinajstić information content (AvgIpc) is 3.25. The molecule has 2 aromatic heterocycles. The molecule has 30 heavy (non-hydrogen) atoms. The molecule has 0 unspecified atom stereocenters. The number of carbonyl (C=O) groups excluding carboxylic acids is 2. The van der Waals surface area contributed by atoms with Crippen LogP contribution in [0.3, 0.4) is 0 Å². The van der Waals surface area contributed by atoms with Crippen LogP contribution in [0.15, 0.2) is 11.4 Å². The maximum absolute atomic E-state index is 12.6. The SMILES string of the molecule is O=C(CSc1ncnc2sc3c(c12)CCC3)NC(=O)NC12CC3CC(CC(C3)C1)C2. The molecule has 4 fully saturated rings. The van der Waals surface area contributed by atoms with E-state index in [1.807, 2.05) is 0 Å². The van der Waals surface area contributed by atoms with E-state index in [1.165, 1.54) is 47.9 Å². The number of thioether (sulfide) groups is 1. The lowest BCUT2D eigenvalue weighted by Crippen LogP contribution is -2.61. The van der Waals surface area contributed by atoms with Gasteiger partial charge in [0.25, 0.3) is 0 Å². The van der Waals surface area contributed by atoms with Gasteiger partial charge in [-0.15, -0.1) is 11.3 Å². The maximum Gasteiger partial charge on any atom is 0.321 e. The number of rotatable bonds is 4. The van der Waals surface area contributed by atoms with Gasteiger partial charge in [0.15, 0.2) is 0 Å². The molecule has 0 aliphatic heterocycles. The summed E-state index contributed by atoms with van der Waals surface area (Å²) in [5.41, 5.74) is 1.28. The first-order chi connectivity index (χ1) is 14.6. The highest BCUT2D eigenvalue weighted by atomic mass is 32.2. The molecule has 6 nitrogen and oxygen atoms in total. The molecule has 0 aromatic carbocycles.